The monoisotopic (exact) mass is 235 g/mol. The fourth-order valence-electron chi connectivity index (χ4n) is 1.97. The van der Waals surface area contributed by atoms with Gasteiger partial charge in [-0.05, 0) is 37.1 Å². The van der Waals surface area contributed by atoms with Crippen LogP contribution in [0.3, 0.4) is 0 Å². The summed E-state index contributed by atoms with van der Waals surface area (Å²) in [6, 6.07) is 5.47. The second-order valence-electron chi connectivity index (χ2n) is 4.69. The average Bonchev–Trinajstić information content (AvgIpc) is 2.30. The molecule has 0 amide bonds. The highest BCUT2D eigenvalue weighted by atomic mass is 16.3. The normalized spacial score (nSPS) is 10.5. The van der Waals surface area contributed by atoms with E-state index in [0.717, 1.165) is 17.8 Å². The molecule has 2 heteroatoms. The second kappa shape index (κ2) is 7.99. The lowest BCUT2D eigenvalue weighted by Gasteiger charge is -2.09. The number of benzene rings is 1. The van der Waals surface area contributed by atoms with Crippen molar-refractivity contribution in [1.82, 2.24) is 0 Å². The predicted molar refractivity (Wildman–Crippen MR) is 74.7 cm³/mol. The fraction of sp³-hybridized carbons (Fsp3) is 0.600. The van der Waals surface area contributed by atoms with Crippen molar-refractivity contribution in [2.75, 3.05) is 11.9 Å². The Bertz CT molecular complexity index is 323. The summed E-state index contributed by atoms with van der Waals surface area (Å²) in [7, 11) is 0. The van der Waals surface area contributed by atoms with Crippen molar-refractivity contribution in [1.29, 1.82) is 0 Å². The third-order valence-electron chi connectivity index (χ3n) is 3.06. The molecular formula is C15H25NO. The Balaban J connectivity index is 2.14. The lowest BCUT2D eigenvalue weighted by atomic mass is 10.1. The summed E-state index contributed by atoms with van der Waals surface area (Å²) >= 11 is 0. The molecule has 0 unspecified atom stereocenters. The van der Waals surface area contributed by atoms with Gasteiger partial charge in [-0.3, -0.25) is 0 Å². The van der Waals surface area contributed by atoms with Crippen LogP contribution in [0.4, 0.5) is 5.69 Å². The van der Waals surface area contributed by atoms with E-state index in [0.29, 0.717) is 5.75 Å². The summed E-state index contributed by atoms with van der Waals surface area (Å²) in [5.41, 5.74) is 2.24. The van der Waals surface area contributed by atoms with E-state index in [-0.39, 0.29) is 0 Å². The van der Waals surface area contributed by atoms with Crippen LogP contribution in [0.1, 0.15) is 51.0 Å². The maximum absolute atomic E-state index is 9.30. The van der Waals surface area contributed by atoms with Crippen molar-refractivity contribution in [2.24, 2.45) is 0 Å². The largest absolute Gasteiger partial charge is 0.508 e. The minimum atomic E-state index is 0.340. The van der Waals surface area contributed by atoms with E-state index in [4.69, 9.17) is 0 Å². The number of nitrogens with one attached hydrogen (secondary N) is 1. The van der Waals surface area contributed by atoms with Gasteiger partial charge in [-0.2, -0.15) is 0 Å². The minimum Gasteiger partial charge on any atom is -0.508 e. The summed E-state index contributed by atoms with van der Waals surface area (Å²) in [5, 5.41) is 12.7. The standard InChI is InChI=1S/C15H25NO/c1-3-4-5-6-7-8-11-16-15-10-9-14(17)12-13(15)2/h9-10,12,16-17H,3-8,11H2,1-2H3. The number of rotatable bonds is 8. The zero-order chi connectivity index (χ0) is 12.5. The van der Waals surface area contributed by atoms with Gasteiger partial charge in [-0.25, -0.2) is 0 Å². The van der Waals surface area contributed by atoms with Crippen LogP contribution in [0.25, 0.3) is 0 Å². The number of aromatic hydroxyl groups is 1. The molecule has 2 nitrogen and oxygen atoms in total. The van der Waals surface area contributed by atoms with Crippen molar-refractivity contribution in [3.8, 4) is 5.75 Å². The molecule has 0 aliphatic heterocycles. The van der Waals surface area contributed by atoms with Crippen LogP contribution in [0, 0.1) is 6.92 Å². The lowest BCUT2D eigenvalue weighted by molar-refractivity contribution is 0.475. The summed E-state index contributed by atoms with van der Waals surface area (Å²) < 4.78 is 0. The molecule has 17 heavy (non-hydrogen) atoms. The SMILES string of the molecule is CCCCCCCCNc1ccc(O)cc1C. The molecule has 0 atom stereocenters. The minimum absolute atomic E-state index is 0.340. The van der Waals surface area contributed by atoms with Gasteiger partial charge in [0.1, 0.15) is 5.75 Å². The van der Waals surface area contributed by atoms with E-state index in [1.165, 1.54) is 38.5 Å². The van der Waals surface area contributed by atoms with Crippen molar-refractivity contribution >= 4 is 5.69 Å². The molecule has 0 saturated heterocycles. The highest BCUT2D eigenvalue weighted by Crippen LogP contribution is 2.20. The molecule has 0 aliphatic carbocycles. The topological polar surface area (TPSA) is 32.3 Å². The molecule has 0 saturated carbocycles. The zero-order valence-corrected chi connectivity index (χ0v) is 11.1. The van der Waals surface area contributed by atoms with E-state index in [1.54, 1.807) is 12.1 Å². The molecule has 1 rings (SSSR count). The molecule has 1 aromatic rings. The average molecular weight is 235 g/mol. The molecule has 1 aromatic carbocycles. The fourth-order valence-corrected chi connectivity index (χ4v) is 1.97. The molecule has 0 bridgehead atoms. The zero-order valence-electron chi connectivity index (χ0n) is 11.1. The first-order valence-electron chi connectivity index (χ1n) is 6.77. The van der Waals surface area contributed by atoms with Gasteiger partial charge in [-0.15, -0.1) is 0 Å². The highest BCUT2D eigenvalue weighted by Gasteiger charge is 1.98. The van der Waals surface area contributed by atoms with Gasteiger partial charge in [0, 0.05) is 12.2 Å². The van der Waals surface area contributed by atoms with Crippen molar-refractivity contribution in [2.45, 2.75) is 52.4 Å². The molecule has 0 spiro atoms. The number of phenols is 1. The summed E-state index contributed by atoms with van der Waals surface area (Å²) in [5.74, 6) is 0.340. The highest BCUT2D eigenvalue weighted by molar-refractivity contribution is 5.53. The van der Waals surface area contributed by atoms with Crippen molar-refractivity contribution in [3.05, 3.63) is 23.8 Å². The van der Waals surface area contributed by atoms with E-state index in [2.05, 4.69) is 12.2 Å². The first-order valence-corrected chi connectivity index (χ1v) is 6.77. The molecule has 2 N–H and O–H groups in total. The molecule has 0 aliphatic rings. The van der Waals surface area contributed by atoms with Gasteiger partial charge in [0.15, 0.2) is 0 Å². The van der Waals surface area contributed by atoms with Crippen molar-refractivity contribution in [3.63, 3.8) is 0 Å². The quantitative estimate of drug-likeness (QED) is 0.514. The Labute approximate surface area is 105 Å². The maximum atomic E-state index is 9.30. The number of aryl methyl sites for hydroxylation is 1. The van der Waals surface area contributed by atoms with Gasteiger partial charge in [0.05, 0.1) is 0 Å². The predicted octanol–water partition coefficient (Wildman–Crippen LogP) is 4.47. The van der Waals surface area contributed by atoms with Gasteiger partial charge < -0.3 is 10.4 Å². The van der Waals surface area contributed by atoms with Crippen LogP contribution >= 0.6 is 0 Å². The van der Waals surface area contributed by atoms with E-state index in [1.807, 2.05) is 13.0 Å². The van der Waals surface area contributed by atoms with Gasteiger partial charge in [0.25, 0.3) is 0 Å². The van der Waals surface area contributed by atoms with Crippen LogP contribution in [0.15, 0.2) is 18.2 Å². The Kier molecular flexibility index (Phi) is 6.53. The van der Waals surface area contributed by atoms with Gasteiger partial charge >= 0.3 is 0 Å². The Morgan fingerprint density at radius 1 is 1.06 bits per heavy atom. The first-order chi connectivity index (χ1) is 8.24. The molecule has 0 aromatic heterocycles. The van der Waals surface area contributed by atoms with E-state index in [9.17, 15) is 5.11 Å². The summed E-state index contributed by atoms with van der Waals surface area (Å²) in [6.07, 6.45) is 7.93. The number of phenolic OH excluding ortho intramolecular Hbond substituents is 1. The van der Waals surface area contributed by atoms with Crippen LogP contribution in [-0.4, -0.2) is 11.7 Å². The third-order valence-corrected chi connectivity index (χ3v) is 3.06. The third kappa shape index (κ3) is 5.62. The van der Waals surface area contributed by atoms with E-state index >= 15 is 0 Å². The Morgan fingerprint density at radius 2 is 1.76 bits per heavy atom. The molecular weight excluding hydrogens is 210 g/mol. The summed E-state index contributed by atoms with van der Waals surface area (Å²) in [4.78, 5) is 0. The van der Waals surface area contributed by atoms with Crippen LogP contribution in [0.2, 0.25) is 0 Å². The van der Waals surface area contributed by atoms with Crippen LogP contribution in [-0.2, 0) is 0 Å². The van der Waals surface area contributed by atoms with Gasteiger partial charge in [0.2, 0.25) is 0 Å². The molecule has 96 valence electrons. The number of unbranched alkanes of at least 4 members (excludes halogenated alkanes) is 5. The number of hydrogen-bond donors (Lipinski definition) is 2. The smallest absolute Gasteiger partial charge is 0.115 e. The molecule has 0 heterocycles. The second-order valence-corrected chi connectivity index (χ2v) is 4.69. The van der Waals surface area contributed by atoms with Crippen molar-refractivity contribution < 1.29 is 5.11 Å². The summed E-state index contributed by atoms with van der Waals surface area (Å²) in [6.45, 7) is 5.29. The molecule has 0 radical (unpaired) electrons. The van der Waals surface area contributed by atoms with Gasteiger partial charge in [-0.1, -0.05) is 39.0 Å². The Morgan fingerprint density at radius 3 is 2.47 bits per heavy atom. The van der Waals surface area contributed by atoms with Crippen LogP contribution in [0.5, 0.6) is 5.75 Å². The maximum Gasteiger partial charge on any atom is 0.115 e. The van der Waals surface area contributed by atoms with Crippen LogP contribution < -0.4 is 5.32 Å². The lowest BCUT2D eigenvalue weighted by Crippen LogP contribution is -2.02. The number of hydrogen-bond acceptors (Lipinski definition) is 2. The van der Waals surface area contributed by atoms with E-state index < -0.39 is 0 Å². The Hall–Kier alpha value is -1.18. The number of anilines is 1. The molecule has 0 fully saturated rings. The first kappa shape index (κ1) is 13.9.